The van der Waals surface area contributed by atoms with Gasteiger partial charge in [0.1, 0.15) is 11.6 Å². The Hall–Kier alpha value is -1.87. The third kappa shape index (κ3) is 7.63. The number of benzene rings is 2. The number of hydrogen-bond donors (Lipinski definition) is 2. The quantitative estimate of drug-likeness (QED) is 0.247. The highest BCUT2D eigenvalue weighted by molar-refractivity contribution is 14.0. The van der Waals surface area contributed by atoms with Crippen molar-refractivity contribution in [2.45, 2.75) is 26.5 Å². The number of methoxy groups -OCH3 is 1. The second-order valence-electron chi connectivity index (χ2n) is 6.28. The summed E-state index contributed by atoms with van der Waals surface area (Å²) in [5, 5.41) is 6.45. The molecule has 0 aromatic heterocycles. The van der Waals surface area contributed by atoms with Crippen LogP contribution < -0.4 is 15.4 Å². The van der Waals surface area contributed by atoms with E-state index >= 15 is 0 Å². The van der Waals surface area contributed by atoms with Gasteiger partial charge in [-0.15, -0.1) is 24.0 Å². The molecule has 0 saturated heterocycles. The summed E-state index contributed by atoms with van der Waals surface area (Å²) in [5.41, 5.74) is 2.57. The van der Waals surface area contributed by atoms with E-state index in [9.17, 15) is 4.39 Å². The Bertz CT molecular complexity index is 771. The molecule has 2 rings (SSSR count). The van der Waals surface area contributed by atoms with Crippen molar-refractivity contribution in [3.05, 3.63) is 65.0 Å². The lowest BCUT2D eigenvalue weighted by atomic mass is 10.1. The monoisotopic (exact) mass is 501 g/mol. The first-order chi connectivity index (χ1) is 13.0. The lowest BCUT2D eigenvalue weighted by Gasteiger charge is -2.18. The number of halogens is 2. The van der Waals surface area contributed by atoms with E-state index < -0.39 is 0 Å². The molecule has 0 bridgehead atoms. The van der Waals surface area contributed by atoms with E-state index in [1.54, 1.807) is 33.2 Å². The van der Waals surface area contributed by atoms with Crippen molar-refractivity contribution in [1.82, 2.24) is 10.6 Å². The molecule has 7 heteroatoms. The van der Waals surface area contributed by atoms with Gasteiger partial charge in [0, 0.05) is 13.6 Å². The number of nitrogens with one attached hydrogen (secondary N) is 2. The Morgan fingerprint density at radius 2 is 2.00 bits per heavy atom. The summed E-state index contributed by atoms with van der Waals surface area (Å²) < 4.78 is 24.6. The highest BCUT2D eigenvalue weighted by atomic mass is 127. The largest absolute Gasteiger partial charge is 0.497 e. The van der Waals surface area contributed by atoms with Crippen molar-refractivity contribution in [3.63, 3.8) is 0 Å². The Morgan fingerprint density at radius 1 is 1.21 bits per heavy atom. The molecular formula is C21H29FIN3O2. The zero-order chi connectivity index (χ0) is 19.6. The van der Waals surface area contributed by atoms with Crippen molar-refractivity contribution >= 4 is 29.9 Å². The van der Waals surface area contributed by atoms with Gasteiger partial charge in [-0.2, -0.15) is 0 Å². The number of ether oxygens (including phenoxy) is 2. The van der Waals surface area contributed by atoms with Gasteiger partial charge in [0.15, 0.2) is 5.96 Å². The molecule has 0 heterocycles. The van der Waals surface area contributed by atoms with E-state index in [-0.39, 0.29) is 35.8 Å². The topological polar surface area (TPSA) is 54.9 Å². The number of guanidine groups is 1. The predicted octanol–water partition coefficient (Wildman–Crippen LogP) is 4.20. The standard InChI is InChI=1S/C21H28FN3O2.HI/c1-15-8-9-18(13-20(15)22)16(2)25-21(23-3)24-10-11-27-14-17-6-5-7-19(12-17)26-4;/h5-9,12-13,16H,10-11,14H2,1-4H3,(H2,23,24,25);1H. The smallest absolute Gasteiger partial charge is 0.191 e. The molecule has 0 aliphatic heterocycles. The van der Waals surface area contributed by atoms with Crippen LogP contribution in [-0.2, 0) is 11.3 Å². The molecule has 154 valence electrons. The Balaban J connectivity index is 0.00000392. The summed E-state index contributed by atoms with van der Waals surface area (Å²) in [4.78, 5) is 4.20. The average Bonchev–Trinajstić information content (AvgIpc) is 2.68. The second-order valence-corrected chi connectivity index (χ2v) is 6.28. The molecular weight excluding hydrogens is 472 g/mol. The van der Waals surface area contributed by atoms with Crippen molar-refractivity contribution in [1.29, 1.82) is 0 Å². The van der Waals surface area contributed by atoms with Crippen molar-refractivity contribution in [2.75, 3.05) is 27.3 Å². The van der Waals surface area contributed by atoms with Gasteiger partial charge in [0.2, 0.25) is 0 Å². The van der Waals surface area contributed by atoms with Crippen LogP contribution in [0.25, 0.3) is 0 Å². The van der Waals surface area contributed by atoms with Gasteiger partial charge in [-0.25, -0.2) is 4.39 Å². The maximum atomic E-state index is 13.7. The summed E-state index contributed by atoms with van der Waals surface area (Å²) in [5.74, 6) is 1.27. The summed E-state index contributed by atoms with van der Waals surface area (Å²) in [7, 11) is 3.35. The van der Waals surface area contributed by atoms with Crippen LogP contribution in [0.15, 0.2) is 47.5 Å². The van der Waals surface area contributed by atoms with Crippen molar-refractivity contribution in [3.8, 4) is 5.75 Å². The van der Waals surface area contributed by atoms with Gasteiger partial charge < -0.3 is 20.1 Å². The molecule has 2 aromatic rings. The molecule has 2 N–H and O–H groups in total. The fourth-order valence-electron chi connectivity index (χ4n) is 2.56. The molecule has 0 amide bonds. The van der Waals surface area contributed by atoms with Gasteiger partial charge >= 0.3 is 0 Å². The highest BCUT2D eigenvalue weighted by Gasteiger charge is 2.09. The summed E-state index contributed by atoms with van der Waals surface area (Å²) in [6.07, 6.45) is 0. The first-order valence-electron chi connectivity index (χ1n) is 8.97. The van der Waals surface area contributed by atoms with Gasteiger partial charge in [-0.05, 0) is 48.7 Å². The van der Waals surface area contributed by atoms with Crippen LogP contribution in [0, 0.1) is 12.7 Å². The van der Waals surface area contributed by atoms with Crippen LogP contribution in [0.5, 0.6) is 5.75 Å². The van der Waals surface area contributed by atoms with Crippen LogP contribution in [0.4, 0.5) is 4.39 Å². The van der Waals surface area contributed by atoms with E-state index in [4.69, 9.17) is 9.47 Å². The number of aryl methyl sites for hydroxylation is 1. The molecule has 0 radical (unpaired) electrons. The molecule has 5 nitrogen and oxygen atoms in total. The average molecular weight is 501 g/mol. The third-order valence-corrected chi connectivity index (χ3v) is 4.21. The molecule has 1 unspecified atom stereocenters. The zero-order valence-corrected chi connectivity index (χ0v) is 19.1. The molecule has 0 spiro atoms. The van der Waals surface area contributed by atoms with E-state index in [2.05, 4.69) is 15.6 Å². The molecule has 28 heavy (non-hydrogen) atoms. The van der Waals surface area contributed by atoms with Gasteiger partial charge in [0.05, 0.1) is 26.4 Å². The lowest BCUT2D eigenvalue weighted by Crippen LogP contribution is -2.40. The molecule has 0 aliphatic carbocycles. The summed E-state index contributed by atoms with van der Waals surface area (Å²) in [6, 6.07) is 13.0. The minimum Gasteiger partial charge on any atom is -0.497 e. The van der Waals surface area contributed by atoms with E-state index in [1.165, 1.54) is 0 Å². The third-order valence-electron chi connectivity index (χ3n) is 4.21. The van der Waals surface area contributed by atoms with E-state index in [0.29, 0.717) is 31.3 Å². The molecule has 0 saturated carbocycles. The maximum Gasteiger partial charge on any atom is 0.191 e. The predicted molar refractivity (Wildman–Crippen MR) is 122 cm³/mol. The second kappa shape index (κ2) is 12.6. The fraction of sp³-hybridized carbons (Fsp3) is 0.381. The maximum absolute atomic E-state index is 13.7. The minimum absolute atomic E-state index is 0. The van der Waals surface area contributed by atoms with Crippen molar-refractivity contribution in [2.24, 2.45) is 4.99 Å². The minimum atomic E-state index is -0.199. The number of rotatable bonds is 8. The van der Waals surface area contributed by atoms with E-state index in [1.807, 2.05) is 37.3 Å². The van der Waals surface area contributed by atoms with Crippen LogP contribution in [0.3, 0.4) is 0 Å². The number of hydrogen-bond acceptors (Lipinski definition) is 3. The SMILES string of the molecule is CN=C(NCCOCc1cccc(OC)c1)NC(C)c1ccc(C)c(F)c1.I. The first-order valence-corrected chi connectivity index (χ1v) is 8.97. The zero-order valence-electron chi connectivity index (χ0n) is 16.8. The fourth-order valence-corrected chi connectivity index (χ4v) is 2.56. The molecule has 0 fully saturated rings. The highest BCUT2D eigenvalue weighted by Crippen LogP contribution is 2.16. The lowest BCUT2D eigenvalue weighted by molar-refractivity contribution is 0.125. The van der Waals surface area contributed by atoms with E-state index in [0.717, 1.165) is 16.9 Å². The van der Waals surface area contributed by atoms with Crippen LogP contribution in [0.2, 0.25) is 0 Å². The van der Waals surface area contributed by atoms with Crippen LogP contribution in [-0.4, -0.2) is 33.3 Å². The van der Waals surface area contributed by atoms with Gasteiger partial charge in [0.25, 0.3) is 0 Å². The molecule has 2 aromatic carbocycles. The Labute approximate surface area is 183 Å². The molecule has 1 atom stereocenters. The normalized spacial score (nSPS) is 12.1. The number of aliphatic imine (C=N–C) groups is 1. The van der Waals surface area contributed by atoms with Gasteiger partial charge in [-0.3, -0.25) is 4.99 Å². The summed E-state index contributed by atoms with van der Waals surface area (Å²) >= 11 is 0. The Kier molecular flexibility index (Phi) is 10.8. The summed E-state index contributed by atoms with van der Waals surface area (Å²) in [6.45, 7) is 5.38. The molecule has 0 aliphatic rings. The van der Waals surface area contributed by atoms with Gasteiger partial charge in [-0.1, -0.05) is 24.3 Å². The first kappa shape index (κ1) is 24.2. The van der Waals surface area contributed by atoms with Crippen molar-refractivity contribution < 1.29 is 13.9 Å². The van der Waals surface area contributed by atoms with Crippen LogP contribution >= 0.6 is 24.0 Å². The Morgan fingerprint density at radius 3 is 2.68 bits per heavy atom. The van der Waals surface area contributed by atoms with Crippen LogP contribution in [0.1, 0.15) is 29.7 Å². The number of nitrogens with zero attached hydrogens (tertiary/aromatic N) is 1.